The highest BCUT2D eigenvalue weighted by Gasteiger charge is 2.19. The van der Waals surface area contributed by atoms with Crippen LogP contribution in [0.3, 0.4) is 0 Å². The molecular formula is C16H17FN2O2. The van der Waals surface area contributed by atoms with Gasteiger partial charge in [0.2, 0.25) is 0 Å². The van der Waals surface area contributed by atoms with Crippen LogP contribution in [0, 0.1) is 12.7 Å². The lowest BCUT2D eigenvalue weighted by Gasteiger charge is -2.16. The number of pyridine rings is 1. The number of methoxy groups -OCH3 is 1. The first-order valence-electron chi connectivity index (χ1n) is 6.59. The third kappa shape index (κ3) is 3.37. The third-order valence-electron chi connectivity index (χ3n) is 3.20. The molecule has 1 aromatic carbocycles. The van der Waals surface area contributed by atoms with Crippen molar-refractivity contribution in [2.24, 2.45) is 0 Å². The highest BCUT2D eigenvalue weighted by atomic mass is 19.1. The van der Waals surface area contributed by atoms with E-state index in [0.717, 1.165) is 11.3 Å². The second kappa shape index (κ2) is 6.35. The molecule has 0 aliphatic heterocycles. The Morgan fingerprint density at radius 2 is 2.10 bits per heavy atom. The van der Waals surface area contributed by atoms with Crippen molar-refractivity contribution in [3.05, 3.63) is 59.2 Å². The van der Waals surface area contributed by atoms with E-state index in [0.29, 0.717) is 0 Å². The highest BCUT2D eigenvalue weighted by molar-refractivity contribution is 5.97. The van der Waals surface area contributed by atoms with Crippen LogP contribution in [0.15, 0.2) is 36.5 Å². The third-order valence-corrected chi connectivity index (χ3v) is 3.20. The van der Waals surface area contributed by atoms with Crippen molar-refractivity contribution in [1.82, 2.24) is 10.3 Å². The molecule has 1 heterocycles. The molecule has 0 radical (unpaired) electrons. The first kappa shape index (κ1) is 15.0. The van der Waals surface area contributed by atoms with Crippen molar-refractivity contribution in [3.8, 4) is 5.75 Å². The van der Waals surface area contributed by atoms with Gasteiger partial charge in [0, 0.05) is 11.9 Å². The van der Waals surface area contributed by atoms with E-state index >= 15 is 0 Å². The minimum atomic E-state index is -0.610. The number of halogens is 1. The number of amides is 1. The maximum Gasteiger partial charge on any atom is 0.258 e. The minimum Gasteiger partial charge on any atom is -0.496 e. The van der Waals surface area contributed by atoms with Crippen molar-refractivity contribution < 1.29 is 13.9 Å². The fraction of sp³-hybridized carbons (Fsp3) is 0.250. The Balaban J connectivity index is 2.20. The molecule has 2 rings (SSSR count). The quantitative estimate of drug-likeness (QED) is 0.940. The van der Waals surface area contributed by atoms with Gasteiger partial charge in [0.1, 0.15) is 17.1 Å². The number of carbonyl (C=O) groups excluding carboxylic acids is 1. The summed E-state index contributed by atoms with van der Waals surface area (Å²) < 4.78 is 18.9. The molecule has 0 saturated heterocycles. The van der Waals surface area contributed by atoms with Crippen LogP contribution in [0.4, 0.5) is 4.39 Å². The van der Waals surface area contributed by atoms with Crippen LogP contribution in [-0.4, -0.2) is 18.0 Å². The molecule has 0 fully saturated rings. The van der Waals surface area contributed by atoms with Crippen LogP contribution in [0.1, 0.15) is 34.6 Å². The van der Waals surface area contributed by atoms with Gasteiger partial charge in [-0.15, -0.1) is 0 Å². The summed E-state index contributed by atoms with van der Waals surface area (Å²) in [5.41, 5.74) is 1.66. The predicted molar refractivity (Wildman–Crippen MR) is 77.8 cm³/mol. The van der Waals surface area contributed by atoms with E-state index in [1.807, 2.05) is 26.0 Å². The molecule has 0 aliphatic carbocycles. The summed E-state index contributed by atoms with van der Waals surface area (Å²) in [6.07, 6.45) is 1.69. The van der Waals surface area contributed by atoms with E-state index in [1.54, 1.807) is 12.3 Å². The Morgan fingerprint density at radius 3 is 2.71 bits per heavy atom. The Morgan fingerprint density at radius 1 is 1.33 bits per heavy atom. The lowest BCUT2D eigenvalue weighted by atomic mass is 10.1. The summed E-state index contributed by atoms with van der Waals surface area (Å²) in [6, 6.07) is 7.74. The number of aryl methyl sites for hydroxylation is 1. The van der Waals surface area contributed by atoms with Gasteiger partial charge < -0.3 is 10.1 Å². The van der Waals surface area contributed by atoms with Gasteiger partial charge in [-0.25, -0.2) is 4.39 Å². The van der Waals surface area contributed by atoms with Gasteiger partial charge in [0.25, 0.3) is 5.91 Å². The van der Waals surface area contributed by atoms with Crippen LogP contribution >= 0.6 is 0 Å². The SMILES string of the molecule is COc1cccc(F)c1C(=O)N[C@H](C)c1ccc(C)nc1. The van der Waals surface area contributed by atoms with Gasteiger partial charge in [0.05, 0.1) is 13.2 Å². The summed E-state index contributed by atoms with van der Waals surface area (Å²) in [5.74, 6) is -0.916. The molecule has 0 saturated carbocycles. The molecular weight excluding hydrogens is 271 g/mol. The minimum absolute atomic E-state index is 0.0908. The number of nitrogens with zero attached hydrogens (tertiary/aromatic N) is 1. The molecule has 110 valence electrons. The number of hydrogen-bond acceptors (Lipinski definition) is 3. The molecule has 0 unspecified atom stereocenters. The predicted octanol–water partition coefficient (Wildman–Crippen LogP) is 3.03. The van der Waals surface area contributed by atoms with E-state index in [4.69, 9.17) is 4.74 Å². The molecule has 5 heteroatoms. The highest BCUT2D eigenvalue weighted by Crippen LogP contribution is 2.22. The maximum absolute atomic E-state index is 13.8. The van der Waals surface area contributed by atoms with Gasteiger partial charge in [-0.3, -0.25) is 9.78 Å². The second-order valence-corrected chi connectivity index (χ2v) is 4.75. The fourth-order valence-corrected chi connectivity index (χ4v) is 1.98. The van der Waals surface area contributed by atoms with E-state index in [-0.39, 0.29) is 17.4 Å². The normalized spacial score (nSPS) is 11.8. The molecule has 21 heavy (non-hydrogen) atoms. The zero-order chi connectivity index (χ0) is 15.4. The average Bonchev–Trinajstić information content (AvgIpc) is 2.47. The number of carbonyl (C=O) groups is 1. The monoisotopic (exact) mass is 288 g/mol. The molecule has 1 N–H and O–H groups in total. The molecule has 0 spiro atoms. The van der Waals surface area contributed by atoms with Gasteiger partial charge >= 0.3 is 0 Å². The van der Waals surface area contributed by atoms with E-state index < -0.39 is 11.7 Å². The van der Waals surface area contributed by atoms with Gasteiger partial charge in [-0.2, -0.15) is 0 Å². The van der Waals surface area contributed by atoms with Gasteiger partial charge in [0.15, 0.2) is 0 Å². The number of ether oxygens (including phenoxy) is 1. The topological polar surface area (TPSA) is 51.2 Å². The molecule has 1 amide bonds. The summed E-state index contributed by atoms with van der Waals surface area (Å²) in [4.78, 5) is 16.4. The summed E-state index contributed by atoms with van der Waals surface area (Å²) in [6.45, 7) is 3.70. The molecule has 4 nitrogen and oxygen atoms in total. The summed E-state index contributed by atoms with van der Waals surface area (Å²) >= 11 is 0. The van der Waals surface area contributed by atoms with Crippen LogP contribution < -0.4 is 10.1 Å². The maximum atomic E-state index is 13.8. The Labute approximate surface area is 123 Å². The average molecular weight is 288 g/mol. The molecule has 0 aliphatic rings. The first-order valence-corrected chi connectivity index (χ1v) is 6.59. The van der Waals surface area contributed by atoms with Crippen molar-refractivity contribution in [3.63, 3.8) is 0 Å². The lowest BCUT2D eigenvalue weighted by Crippen LogP contribution is -2.28. The Kier molecular flexibility index (Phi) is 4.52. The lowest BCUT2D eigenvalue weighted by molar-refractivity contribution is 0.0932. The van der Waals surface area contributed by atoms with Crippen LogP contribution in [0.25, 0.3) is 0 Å². The van der Waals surface area contributed by atoms with Gasteiger partial charge in [-0.1, -0.05) is 12.1 Å². The largest absolute Gasteiger partial charge is 0.496 e. The van der Waals surface area contributed by atoms with Crippen molar-refractivity contribution >= 4 is 5.91 Å². The number of nitrogens with one attached hydrogen (secondary N) is 1. The van der Waals surface area contributed by atoms with Gasteiger partial charge in [-0.05, 0) is 37.6 Å². The summed E-state index contributed by atoms with van der Waals surface area (Å²) in [7, 11) is 1.40. The first-order chi connectivity index (χ1) is 10.0. The number of hydrogen-bond donors (Lipinski definition) is 1. The standard InChI is InChI=1S/C16H17FN2O2/c1-10-7-8-12(9-18-10)11(2)19-16(20)15-13(17)5-4-6-14(15)21-3/h4-9,11H,1-3H3,(H,19,20)/t11-/m1/s1. The Bertz CT molecular complexity index is 641. The van der Waals surface area contributed by atoms with Crippen LogP contribution in [0.2, 0.25) is 0 Å². The zero-order valence-corrected chi connectivity index (χ0v) is 12.2. The van der Waals surface area contributed by atoms with Crippen molar-refractivity contribution in [2.75, 3.05) is 7.11 Å². The molecule has 0 bridgehead atoms. The number of aromatic nitrogens is 1. The number of rotatable bonds is 4. The smallest absolute Gasteiger partial charge is 0.258 e. The molecule has 2 aromatic rings. The van der Waals surface area contributed by atoms with E-state index in [1.165, 1.54) is 19.2 Å². The van der Waals surface area contributed by atoms with Crippen LogP contribution in [0.5, 0.6) is 5.75 Å². The van der Waals surface area contributed by atoms with E-state index in [9.17, 15) is 9.18 Å². The zero-order valence-electron chi connectivity index (χ0n) is 12.2. The Hall–Kier alpha value is -2.43. The van der Waals surface area contributed by atoms with Crippen LogP contribution in [-0.2, 0) is 0 Å². The van der Waals surface area contributed by atoms with Crippen molar-refractivity contribution in [2.45, 2.75) is 19.9 Å². The second-order valence-electron chi connectivity index (χ2n) is 4.75. The fourth-order valence-electron chi connectivity index (χ4n) is 1.98. The van der Waals surface area contributed by atoms with E-state index in [2.05, 4.69) is 10.3 Å². The number of benzene rings is 1. The molecule has 1 aromatic heterocycles. The molecule has 1 atom stereocenters. The van der Waals surface area contributed by atoms with Crippen molar-refractivity contribution in [1.29, 1.82) is 0 Å². The summed E-state index contributed by atoms with van der Waals surface area (Å²) in [5, 5.41) is 2.75.